The number of aromatic nitrogens is 4. The van der Waals surface area contributed by atoms with Crippen molar-refractivity contribution in [3.05, 3.63) is 59.1 Å². The lowest BCUT2D eigenvalue weighted by Gasteiger charge is -2.01. The molecule has 3 rings (SSSR count). The first-order valence-electron chi connectivity index (χ1n) is 5.85. The summed E-state index contributed by atoms with van der Waals surface area (Å²) < 4.78 is 2.60. The molecule has 0 saturated carbocycles. The predicted octanol–water partition coefficient (Wildman–Crippen LogP) is 2.90. The van der Waals surface area contributed by atoms with Gasteiger partial charge in [-0.2, -0.15) is 5.10 Å². The number of nitrogens with zero attached hydrogens (tertiary/aromatic N) is 4. The van der Waals surface area contributed by atoms with Crippen LogP contribution in [-0.4, -0.2) is 26.0 Å². The smallest absolute Gasteiger partial charge is 0.153 e. The van der Waals surface area contributed by atoms with E-state index in [0.717, 1.165) is 16.4 Å². The maximum absolute atomic E-state index is 11.2. The van der Waals surface area contributed by atoms with Gasteiger partial charge >= 0.3 is 0 Å². The number of hydrogen-bond acceptors (Lipinski definition) is 4. The highest BCUT2D eigenvalue weighted by Gasteiger charge is 2.12. The van der Waals surface area contributed by atoms with Crippen molar-refractivity contribution in [1.29, 1.82) is 0 Å². The lowest BCUT2D eigenvalue weighted by Crippen LogP contribution is -1.95. The van der Waals surface area contributed by atoms with E-state index in [1.165, 1.54) is 0 Å². The molecule has 0 aliphatic rings. The Morgan fingerprint density at radius 2 is 2.15 bits per heavy atom. The van der Waals surface area contributed by atoms with Crippen LogP contribution in [0.2, 0.25) is 0 Å². The molecule has 0 radical (unpaired) electrons. The number of aldehydes is 1. The van der Waals surface area contributed by atoms with Crippen molar-refractivity contribution >= 4 is 22.2 Å². The van der Waals surface area contributed by atoms with E-state index in [-0.39, 0.29) is 0 Å². The van der Waals surface area contributed by atoms with Gasteiger partial charge in [-0.05, 0) is 18.2 Å². The molecule has 0 amide bonds. The van der Waals surface area contributed by atoms with Gasteiger partial charge in [0.25, 0.3) is 0 Å². The Morgan fingerprint density at radius 1 is 1.25 bits per heavy atom. The van der Waals surface area contributed by atoms with E-state index in [0.29, 0.717) is 17.0 Å². The van der Waals surface area contributed by atoms with Crippen LogP contribution in [0.3, 0.4) is 0 Å². The number of hydrogen-bond donors (Lipinski definition) is 0. The van der Waals surface area contributed by atoms with Gasteiger partial charge in [-0.25, -0.2) is 4.68 Å². The molecule has 1 aromatic carbocycles. The van der Waals surface area contributed by atoms with E-state index in [9.17, 15) is 4.79 Å². The third-order valence-electron chi connectivity index (χ3n) is 2.75. The highest BCUT2D eigenvalue weighted by atomic mass is 79.9. The van der Waals surface area contributed by atoms with Crippen molar-refractivity contribution in [3.8, 4) is 17.1 Å². The minimum Gasteiger partial charge on any atom is -0.298 e. The van der Waals surface area contributed by atoms with Crippen LogP contribution in [0.25, 0.3) is 17.1 Å². The number of carbonyl (C=O) groups is 1. The normalized spacial score (nSPS) is 10.4. The number of halogens is 1. The second kappa shape index (κ2) is 5.34. The summed E-state index contributed by atoms with van der Waals surface area (Å²) >= 11 is 3.41. The zero-order valence-corrected chi connectivity index (χ0v) is 11.9. The largest absolute Gasteiger partial charge is 0.298 e. The third kappa shape index (κ3) is 2.37. The summed E-state index contributed by atoms with van der Waals surface area (Å²) in [6.07, 6.45) is 7.18. The van der Waals surface area contributed by atoms with Crippen LogP contribution in [-0.2, 0) is 0 Å². The summed E-state index contributed by atoms with van der Waals surface area (Å²) in [5.41, 5.74) is 2.43. The van der Waals surface area contributed by atoms with E-state index in [1.54, 1.807) is 29.5 Å². The molecule has 98 valence electrons. The standard InChI is InChI=1S/C14H9BrN4O/c15-11-2-1-3-12(6-11)19-8-10(9-20)14(18-19)13-7-16-4-5-17-13/h1-9H. The van der Waals surface area contributed by atoms with Gasteiger partial charge in [-0.15, -0.1) is 0 Å². The van der Waals surface area contributed by atoms with E-state index in [2.05, 4.69) is 31.0 Å². The van der Waals surface area contributed by atoms with E-state index >= 15 is 0 Å². The van der Waals surface area contributed by atoms with Crippen LogP contribution in [0.1, 0.15) is 10.4 Å². The zero-order chi connectivity index (χ0) is 13.9. The monoisotopic (exact) mass is 328 g/mol. The maximum atomic E-state index is 11.2. The number of rotatable bonds is 3. The second-order valence-corrected chi connectivity index (χ2v) is 4.98. The van der Waals surface area contributed by atoms with Crippen molar-refractivity contribution in [1.82, 2.24) is 19.7 Å². The first kappa shape index (κ1) is 12.7. The van der Waals surface area contributed by atoms with Gasteiger partial charge in [0.2, 0.25) is 0 Å². The van der Waals surface area contributed by atoms with Crippen LogP contribution >= 0.6 is 15.9 Å². The fraction of sp³-hybridized carbons (Fsp3) is 0. The lowest BCUT2D eigenvalue weighted by molar-refractivity contribution is 0.112. The highest BCUT2D eigenvalue weighted by Crippen LogP contribution is 2.21. The molecule has 0 aliphatic carbocycles. The van der Waals surface area contributed by atoms with Crippen molar-refractivity contribution in [2.24, 2.45) is 0 Å². The Kier molecular flexibility index (Phi) is 3.39. The highest BCUT2D eigenvalue weighted by molar-refractivity contribution is 9.10. The summed E-state index contributed by atoms with van der Waals surface area (Å²) in [5, 5.41) is 4.42. The summed E-state index contributed by atoms with van der Waals surface area (Å²) in [7, 11) is 0. The van der Waals surface area contributed by atoms with Crippen molar-refractivity contribution < 1.29 is 4.79 Å². The molecular weight excluding hydrogens is 320 g/mol. The molecule has 5 nitrogen and oxygen atoms in total. The molecular formula is C14H9BrN4O. The molecule has 0 spiro atoms. The summed E-state index contributed by atoms with van der Waals surface area (Å²) in [5.74, 6) is 0. The zero-order valence-electron chi connectivity index (χ0n) is 10.3. The Morgan fingerprint density at radius 3 is 2.85 bits per heavy atom. The van der Waals surface area contributed by atoms with Gasteiger partial charge in [-0.1, -0.05) is 22.0 Å². The van der Waals surface area contributed by atoms with Crippen LogP contribution in [0.5, 0.6) is 0 Å². The number of benzene rings is 1. The van der Waals surface area contributed by atoms with Gasteiger partial charge in [0, 0.05) is 23.1 Å². The van der Waals surface area contributed by atoms with Gasteiger partial charge in [0.1, 0.15) is 11.4 Å². The third-order valence-corrected chi connectivity index (χ3v) is 3.24. The van der Waals surface area contributed by atoms with Crippen LogP contribution in [0.4, 0.5) is 0 Å². The van der Waals surface area contributed by atoms with Crippen LogP contribution < -0.4 is 0 Å². The van der Waals surface area contributed by atoms with E-state index in [1.807, 2.05) is 24.3 Å². The molecule has 2 aromatic heterocycles. The fourth-order valence-electron chi connectivity index (χ4n) is 1.84. The van der Waals surface area contributed by atoms with Crippen molar-refractivity contribution in [2.45, 2.75) is 0 Å². The van der Waals surface area contributed by atoms with Crippen LogP contribution in [0, 0.1) is 0 Å². The molecule has 2 heterocycles. The van der Waals surface area contributed by atoms with Gasteiger partial charge < -0.3 is 0 Å². The average Bonchev–Trinajstić information content (AvgIpc) is 2.92. The molecule has 0 saturated heterocycles. The Bertz CT molecular complexity index is 755. The average molecular weight is 329 g/mol. The molecule has 0 bridgehead atoms. The SMILES string of the molecule is O=Cc1cn(-c2cccc(Br)c2)nc1-c1cnccn1. The first-order chi connectivity index (χ1) is 9.78. The lowest BCUT2D eigenvalue weighted by atomic mass is 10.2. The Balaban J connectivity index is 2.12. The molecule has 0 aliphatic heterocycles. The Hall–Kier alpha value is -2.34. The second-order valence-electron chi connectivity index (χ2n) is 4.07. The molecule has 0 unspecified atom stereocenters. The quantitative estimate of drug-likeness (QED) is 0.693. The molecule has 6 heteroatoms. The summed E-state index contributed by atoms with van der Waals surface area (Å²) in [6, 6.07) is 7.66. The van der Waals surface area contributed by atoms with E-state index in [4.69, 9.17) is 0 Å². The molecule has 0 fully saturated rings. The Labute approximate surface area is 123 Å². The van der Waals surface area contributed by atoms with Gasteiger partial charge in [-0.3, -0.25) is 14.8 Å². The fourth-order valence-corrected chi connectivity index (χ4v) is 2.23. The summed E-state index contributed by atoms with van der Waals surface area (Å²) in [6.45, 7) is 0. The van der Waals surface area contributed by atoms with Gasteiger partial charge in [0.05, 0.1) is 17.4 Å². The maximum Gasteiger partial charge on any atom is 0.153 e. The molecule has 0 atom stereocenters. The topological polar surface area (TPSA) is 60.7 Å². The predicted molar refractivity (Wildman–Crippen MR) is 77.7 cm³/mol. The number of carbonyl (C=O) groups excluding carboxylic acids is 1. The minimum absolute atomic E-state index is 0.477. The van der Waals surface area contributed by atoms with E-state index < -0.39 is 0 Å². The summed E-state index contributed by atoms with van der Waals surface area (Å²) in [4.78, 5) is 19.4. The van der Waals surface area contributed by atoms with Crippen LogP contribution in [0.15, 0.2) is 53.5 Å². The van der Waals surface area contributed by atoms with Gasteiger partial charge in [0.15, 0.2) is 6.29 Å². The minimum atomic E-state index is 0.477. The molecule has 20 heavy (non-hydrogen) atoms. The molecule has 0 N–H and O–H groups in total. The van der Waals surface area contributed by atoms with Crippen molar-refractivity contribution in [2.75, 3.05) is 0 Å². The van der Waals surface area contributed by atoms with Crippen molar-refractivity contribution in [3.63, 3.8) is 0 Å². The molecule has 3 aromatic rings. The first-order valence-corrected chi connectivity index (χ1v) is 6.64.